The molecule has 0 aromatic carbocycles. The van der Waals surface area contributed by atoms with E-state index in [0.29, 0.717) is 22.3 Å². The molecule has 0 radical (unpaired) electrons. The number of halogens is 1. The molecule has 2 aromatic heterocycles. The van der Waals surface area contributed by atoms with E-state index in [1.165, 1.54) is 10.8 Å². The molecule has 0 spiro atoms. The molecule has 1 amide bonds. The molecule has 0 aliphatic rings. The van der Waals surface area contributed by atoms with Crippen LogP contribution in [0.15, 0.2) is 6.33 Å². The first-order valence-corrected chi connectivity index (χ1v) is 5.64. The van der Waals surface area contributed by atoms with E-state index < -0.39 is 11.4 Å². The monoisotopic (exact) mass is 268 g/mol. The molecular formula is C10H13ClN6O. The molecule has 0 saturated carbocycles. The zero-order chi connectivity index (χ0) is 13.5. The largest absolute Gasteiger partial charge is 0.368 e. The average Bonchev–Trinajstić information content (AvgIpc) is 2.72. The van der Waals surface area contributed by atoms with Crippen molar-refractivity contribution in [1.82, 2.24) is 19.6 Å². The highest BCUT2D eigenvalue weighted by Crippen LogP contribution is 2.24. The minimum absolute atomic E-state index is 0.304. The number of nitrogens with zero attached hydrogens (tertiary/aromatic N) is 4. The van der Waals surface area contributed by atoms with Gasteiger partial charge in [-0.05, 0) is 20.8 Å². The number of nitrogens with two attached hydrogens (primary N) is 1. The molecule has 7 nitrogen and oxygen atoms in total. The normalized spacial score (nSPS) is 11.8. The van der Waals surface area contributed by atoms with Gasteiger partial charge in [-0.15, -0.1) is 0 Å². The standard InChI is InChI=1S/C10H13ClN6O/c1-5-6(11)15-9-13-4-14-17(9)7(5)16-10(2,3)8(12)18/h4,16H,1-3H3,(H2,12,18). The Morgan fingerprint density at radius 3 is 2.83 bits per heavy atom. The van der Waals surface area contributed by atoms with Gasteiger partial charge in [0, 0.05) is 5.56 Å². The van der Waals surface area contributed by atoms with Crippen LogP contribution in [0.25, 0.3) is 5.78 Å². The molecular weight excluding hydrogens is 256 g/mol. The summed E-state index contributed by atoms with van der Waals surface area (Å²) in [5.74, 6) is 0.419. The maximum atomic E-state index is 11.4. The van der Waals surface area contributed by atoms with Gasteiger partial charge in [0.2, 0.25) is 5.91 Å². The fraction of sp³-hybridized carbons (Fsp3) is 0.400. The lowest BCUT2D eigenvalue weighted by molar-refractivity contribution is -0.121. The lowest BCUT2D eigenvalue weighted by atomic mass is 10.1. The third-order valence-corrected chi connectivity index (χ3v) is 3.02. The van der Waals surface area contributed by atoms with Gasteiger partial charge < -0.3 is 11.1 Å². The number of rotatable bonds is 3. The fourth-order valence-corrected chi connectivity index (χ4v) is 1.57. The number of carbonyl (C=O) groups is 1. The quantitative estimate of drug-likeness (QED) is 0.801. The molecule has 8 heteroatoms. The maximum Gasteiger partial charge on any atom is 0.255 e. The zero-order valence-electron chi connectivity index (χ0n) is 10.2. The average molecular weight is 269 g/mol. The van der Waals surface area contributed by atoms with Crippen LogP contribution in [-0.2, 0) is 4.79 Å². The number of amides is 1. The van der Waals surface area contributed by atoms with Crippen molar-refractivity contribution in [2.75, 3.05) is 5.32 Å². The molecule has 2 aromatic rings. The van der Waals surface area contributed by atoms with Crippen molar-refractivity contribution in [2.45, 2.75) is 26.3 Å². The van der Waals surface area contributed by atoms with Crippen molar-refractivity contribution < 1.29 is 4.79 Å². The fourth-order valence-electron chi connectivity index (χ4n) is 1.40. The van der Waals surface area contributed by atoms with E-state index in [2.05, 4.69) is 20.4 Å². The SMILES string of the molecule is Cc1c(Cl)nc2ncnn2c1NC(C)(C)C(N)=O. The van der Waals surface area contributed by atoms with Crippen molar-refractivity contribution >= 4 is 29.1 Å². The first-order valence-electron chi connectivity index (χ1n) is 5.27. The van der Waals surface area contributed by atoms with E-state index >= 15 is 0 Å². The third kappa shape index (κ3) is 1.97. The van der Waals surface area contributed by atoms with E-state index in [1.807, 2.05) is 0 Å². The van der Waals surface area contributed by atoms with Crippen LogP contribution < -0.4 is 11.1 Å². The molecule has 0 aliphatic carbocycles. The van der Waals surface area contributed by atoms with Gasteiger partial charge in [-0.1, -0.05) is 11.6 Å². The Balaban J connectivity index is 2.59. The van der Waals surface area contributed by atoms with Gasteiger partial charge in [0.05, 0.1) is 0 Å². The molecule has 2 heterocycles. The minimum atomic E-state index is -0.936. The van der Waals surface area contributed by atoms with Crippen LogP contribution in [0.2, 0.25) is 5.15 Å². The van der Waals surface area contributed by atoms with Gasteiger partial charge in [0.15, 0.2) is 0 Å². The lowest BCUT2D eigenvalue weighted by Crippen LogP contribution is -2.45. The van der Waals surface area contributed by atoms with Gasteiger partial charge in [0.1, 0.15) is 22.8 Å². The van der Waals surface area contributed by atoms with Crippen molar-refractivity contribution in [1.29, 1.82) is 0 Å². The van der Waals surface area contributed by atoms with E-state index in [-0.39, 0.29) is 0 Å². The third-order valence-electron chi connectivity index (χ3n) is 2.65. The summed E-state index contributed by atoms with van der Waals surface area (Å²) in [4.78, 5) is 19.4. The van der Waals surface area contributed by atoms with Crippen LogP contribution in [0.5, 0.6) is 0 Å². The number of aromatic nitrogens is 4. The lowest BCUT2D eigenvalue weighted by Gasteiger charge is -2.24. The Bertz CT molecular complexity index is 620. The molecule has 0 fully saturated rings. The summed E-state index contributed by atoms with van der Waals surface area (Å²) in [6.45, 7) is 5.12. The number of primary amides is 1. The highest BCUT2D eigenvalue weighted by Gasteiger charge is 2.27. The molecule has 2 rings (SSSR count). The van der Waals surface area contributed by atoms with Gasteiger partial charge in [-0.25, -0.2) is 0 Å². The molecule has 0 saturated heterocycles. The van der Waals surface area contributed by atoms with E-state index in [4.69, 9.17) is 17.3 Å². The Kier molecular flexibility index (Phi) is 2.86. The van der Waals surface area contributed by atoms with Gasteiger partial charge in [-0.2, -0.15) is 19.6 Å². The van der Waals surface area contributed by atoms with Crippen LogP contribution in [0.4, 0.5) is 5.82 Å². The van der Waals surface area contributed by atoms with Crippen molar-refractivity contribution in [3.8, 4) is 0 Å². The number of carbonyl (C=O) groups excluding carboxylic acids is 1. The summed E-state index contributed by atoms with van der Waals surface area (Å²) in [5, 5.41) is 7.36. The van der Waals surface area contributed by atoms with Crippen LogP contribution in [0.3, 0.4) is 0 Å². The van der Waals surface area contributed by atoms with Crippen LogP contribution in [-0.4, -0.2) is 31.0 Å². The molecule has 18 heavy (non-hydrogen) atoms. The summed E-state index contributed by atoms with van der Waals surface area (Å²) in [6.07, 6.45) is 1.36. The maximum absolute atomic E-state index is 11.4. The topological polar surface area (TPSA) is 98.2 Å². The number of anilines is 1. The van der Waals surface area contributed by atoms with Crippen molar-refractivity contribution in [2.24, 2.45) is 5.73 Å². The summed E-state index contributed by atoms with van der Waals surface area (Å²) in [6, 6.07) is 0. The molecule has 0 atom stereocenters. The molecule has 96 valence electrons. The second-order valence-corrected chi connectivity index (χ2v) is 4.82. The van der Waals surface area contributed by atoms with Gasteiger partial charge in [-0.3, -0.25) is 4.79 Å². The van der Waals surface area contributed by atoms with Gasteiger partial charge in [0.25, 0.3) is 5.78 Å². The van der Waals surface area contributed by atoms with Crippen molar-refractivity contribution in [3.05, 3.63) is 17.0 Å². The van der Waals surface area contributed by atoms with Crippen LogP contribution >= 0.6 is 11.6 Å². The van der Waals surface area contributed by atoms with Crippen LogP contribution in [0, 0.1) is 6.92 Å². The second-order valence-electron chi connectivity index (χ2n) is 4.46. The van der Waals surface area contributed by atoms with Crippen molar-refractivity contribution in [3.63, 3.8) is 0 Å². The minimum Gasteiger partial charge on any atom is -0.368 e. The Morgan fingerprint density at radius 1 is 1.56 bits per heavy atom. The predicted octanol–water partition coefficient (Wildman–Crippen LogP) is 0.762. The Morgan fingerprint density at radius 2 is 2.22 bits per heavy atom. The summed E-state index contributed by atoms with van der Waals surface area (Å²) in [5.41, 5.74) is 5.06. The number of hydrogen-bond acceptors (Lipinski definition) is 5. The predicted molar refractivity (Wildman–Crippen MR) is 67.4 cm³/mol. The van der Waals surface area contributed by atoms with E-state index in [9.17, 15) is 4.79 Å². The molecule has 0 aliphatic heterocycles. The number of nitrogens with one attached hydrogen (secondary N) is 1. The summed E-state index contributed by atoms with van der Waals surface area (Å²) < 4.78 is 1.48. The number of fused-ring (bicyclic) bond motifs is 1. The summed E-state index contributed by atoms with van der Waals surface area (Å²) in [7, 11) is 0. The zero-order valence-corrected chi connectivity index (χ0v) is 11.0. The van der Waals surface area contributed by atoms with E-state index in [1.54, 1.807) is 20.8 Å². The van der Waals surface area contributed by atoms with E-state index in [0.717, 1.165) is 0 Å². The first kappa shape index (κ1) is 12.6. The Hall–Kier alpha value is -1.89. The first-order chi connectivity index (χ1) is 8.33. The molecule has 0 unspecified atom stereocenters. The Labute approximate surface area is 108 Å². The van der Waals surface area contributed by atoms with Crippen LogP contribution in [0.1, 0.15) is 19.4 Å². The van der Waals surface area contributed by atoms with Gasteiger partial charge >= 0.3 is 0 Å². The second kappa shape index (κ2) is 4.09. The number of hydrogen-bond donors (Lipinski definition) is 2. The molecule has 0 bridgehead atoms. The highest BCUT2D eigenvalue weighted by atomic mass is 35.5. The molecule has 3 N–H and O–H groups in total. The summed E-state index contributed by atoms with van der Waals surface area (Å²) >= 11 is 6.01. The highest BCUT2D eigenvalue weighted by molar-refractivity contribution is 6.30. The smallest absolute Gasteiger partial charge is 0.255 e.